The third-order valence-corrected chi connectivity index (χ3v) is 5.34. The van der Waals surface area contributed by atoms with Crippen molar-refractivity contribution in [2.45, 2.75) is 69.3 Å². The Balaban J connectivity index is 2.56. The molecule has 84 valence electrons. The highest BCUT2D eigenvalue weighted by molar-refractivity contribution is 7.85. The van der Waals surface area contributed by atoms with Crippen molar-refractivity contribution in [1.82, 2.24) is 0 Å². The minimum atomic E-state index is 0.354. The van der Waals surface area contributed by atoms with Gasteiger partial charge < -0.3 is 0 Å². The van der Waals surface area contributed by atoms with Crippen LogP contribution in [0.5, 0.6) is 0 Å². The molecule has 2 heteroatoms. The molecule has 2 unspecified atom stereocenters. The SMILES string of the molecule is CC1(C)CCCCCCCC(S)C1S. The third-order valence-electron chi connectivity index (χ3n) is 3.49. The van der Waals surface area contributed by atoms with Crippen LogP contribution in [0, 0.1) is 5.41 Å². The first-order valence-corrected chi connectivity index (χ1v) is 6.93. The highest BCUT2D eigenvalue weighted by Crippen LogP contribution is 2.37. The predicted octanol–water partition coefficient (Wildman–Crippen LogP) is 4.35. The van der Waals surface area contributed by atoms with Gasteiger partial charge in [-0.2, -0.15) is 25.3 Å². The van der Waals surface area contributed by atoms with E-state index in [1.165, 1.54) is 44.9 Å². The molecule has 14 heavy (non-hydrogen) atoms. The van der Waals surface area contributed by atoms with Crippen molar-refractivity contribution in [2.75, 3.05) is 0 Å². The molecule has 0 bridgehead atoms. The molecule has 0 nitrogen and oxygen atoms in total. The second-order valence-electron chi connectivity index (χ2n) is 5.31. The fraction of sp³-hybridized carbons (Fsp3) is 1.00. The van der Waals surface area contributed by atoms with Gasteiger partial charge in [0.25, 0.3) is 0 Å². The number of rotatable bonds is 0. The predicted molar refractivity (Wildman–Crippen MR) is 71.6 cm³/mol. The van der Waals surface area contributed by atoms with Crippen molar-refractivity contribution in [3.8, 4) is 0 Å². The van der Waals surface area contributed by atoms with Gasteiger partial charge in [0.05, 0.1) is 0 Å². The number of hydrogen-bond donors (Lipinski definition) is 2. The Morgan fingerprint density at radius 1 is 0.929 bits per heavy atom. The van der Waals surface area contributed by atoms with E-state index in [0.717, 1.165) is 0 Å². The van der Waals surface area contributed by atoms with Crippen LogP contribution in [0.2, 0.25) is 0 Å². The van der Waals surface area contributed by atoms with Crippen LogP contribution < -0.4 is 0 Å². The first kappa shape index (κ1) is 12.8. The zero-order valence-corrected chi connectivity index (χ0v) is 11.3. The molecule has 0 aromatic carbocycles. The van der Waals surface area contributed by atoms with Crippen molar-refractivity contribution in [2.24, 2.45) is 5.41 Å². The highest BCUT2D eigenvalue weighted by Gasteiger charge is 2.30. The summed E-state index contributed by atoms with van der Waals surface area (Å²) in [6.45, 7) is 4.69. The van der Waals surface area contributed by atoms with E-state index in [2.05, 4.69) is 13.8 Å². The van der Waals surface area contributed by atoms with E-state index in [-0.39, 0.29) is 0 Å². The summed E-state index contributed by atoms with van der Waals surface area (Å²) in [6, 6.07) is 0. The van der Waals surface area contributed by atoms with Crippen LogP contribution >= 0.6 is 25.3 Å². The molecule has 0 heterocycles. The van der Waals surface area contributed by atoms with Gasteiger partial charge >= 0.3 is 0 Å². The van der Waals surface area contributed by atoms with Gasteiger partial charge in [0.15, 0.2) is 0 Å². The topological polar surface area (TPSA) is 0 Å². The van der Waals surface area contributed by atoms with E-state index in [4.69, 9.17) is 25.3 Å². The summed E-state index contributed by atoms with van der Waals surface area (Å²) >= 11 is 9.45. The van der Waals surface area contributed by atoms with Gasteiger partial charge in [-0.05, 0) is 18.3 Å². The average Bonchev–Trinajstić information content (AvgIpc) is 2.13. The normalized spacial score (nSPS) is 35.1. The quantitative estimate of drug-likeness (QED) is 0.570. The maximum atomic E-state index is 4.76. The summed E-state index contributed by atoms with van der Waals surface area (Å²) in [5, 5.41) is 0.926. The molecule has 0 saturated heterocycles. The molecule has 0 aromatic rings. The van der Waals surface area contributed by atoms with Gasteiger partial charge in [-0.3, -0.25) is 0 Å². The summed E-state index contributed by atoms with van der Waals surface area (Å²) in [4.78, 5) is 0. The van der Waals surface area contributed by atoms with Gasteiger partial charge in [-0.1, -0.05) is 46.0 Å². The highest BCUT2D eigenvalue weighted by atomic mass is 32.1. The standard InChI is InChI=1S/C12H24S2/c1-12(2)9-7-5-3-4-6-8-10(13)11(12)14/h10-11,13-14H,3-9H2,1-2H3. The van der Waals surface area contributed by atoms with Crippen LogP contribution in [-0.4, -0.2) is 10.5 Å². The van der Waals surface area contributed by atoms with Crippen LogP contribution in [-0.2, 0) is 0 Å². The van der Waals surface area contributed by atoms with Gasteiger partial charge in [0.1, 0.15) is 0 Å². The van der Waals surface area contributed by atoms with Gasteiger partial charge in [-0.25, -0.2) is 0 Å². The molecular formula is C12H24S2. The molecule has 2 atom stereocenters. The summed E-state index contributed by atoms with van der Waals surface area (Å²) in [6.07, 6.45) is 9.44. The second-order valence-corrected chi connectivity index (χ2v) is 6.53. The summed E-state index contributed by atoms with van der Waals surface area (Å²) in [7, 11) is 0. The molecule has 1 aliphatic carbocycles. The summed E-state index contributed by atoms with van der Waals surface area (Å²) in [5.41, 5.74) is 0.354. The molecule has 0 radical (unpaired) electrons. The van der Waals surface area contributed by atoms with Gasteiger partial charge in [0, 0.05) is 10.5 Å². The van der Waals surface area contributed by atoms with Crippen LogP contribution in [0.25, 0.3) is 0 Å². The maximum absolute atomic E-state index is 4.76. The van der Waals surface area contributed by atoms with Gasteiger partial charge in [0.2, 0.25) is 0 Å². The molecule has 1 fully saturated rings. The molecule has 0 spiro atoms. The Morgan fingerprint density at radius 3 is 2.21 bits per heavy atom. The van der Waals surface area contributed by atoms with Gasteiger partial charge in [-0.15, -0.1) is 0 Å². The lowest BCUT2D eigenvalue weighted by Crippen LogP contribution is -2.33. The van der Waals surface area contributed by atoms with E-state index in [9.17, 15) is 0 Å². The lowest BCUT2D eigenvalue weighted by Gasteiger charge is -2.35. The summed E-state index contributed by atoms with van der Waals surface area (Å²) < 4.78 is 0. The maximum Gasteiger partial charge on any atom is 0.0184 e. The van der Waals surface area contributed by atoms with Crippen molar-refractivity contribution in [1.29, 1.82) is 0 Å². The van der Waals surface area contributed by atoms with Crippen LogP contribution in [0.1, 0.15) is 58.8 Å². The smallest absolute Gasteiger partial charge is 0.0184 e. The molecule has 0 aliphatic heterocycles. The Morgan fingerprint density at radius 2 is 1.50 bits per heavy atom. The largest absolute Gasteiger partial charge is 0.175 e. The zero-order valence-electron chi connectivity index (χ0n) is 9.50. The Kier molecular flexibility index (Phi) is 5.19. The lowest BCUT2D eigenvalue weighted by molar-refractivity contribution is 0.293. The second kappa shape index (κ2) is 5.69. The Hall–Kier alpha value is 0.700. The average molecular weight is 232 g/mol. The minimum absolute atomic E-state index is 0.354. The van der Waals surface area contributed by atoms with Crippen molar-refractivity contribution in [3.05, 3.63) is 0 Å². The first-order valence-electron chi connectivity index (χ1n) is 5.90. The fourth-order valence-electron chi connectivity index (χ4n) is 2.29. The monoisotopic (exact) mass is 232 g/mol. The van der Waals surface area contributed by atoms with Crippen molar-refractivity contribution >= 4 is 25.3 Å². The van der Waals surface area contributed by atoms with Crippen LogP contribution in [0.4, 0.5) is 0 Å². The molecule has 0 aromatic heterocycles. The molecule has 0 N–H and O–H groups in total. The van der Waals surface area contributed by atoms with Crippen LogP contribution in [0.15, 0.2) is 0 Å². The Bertz CT molecular complexity index is 166. The lowest BCUT2D eigenvalue weighted by atomic mass is 9.80. The molecule has 1 saturated carbocycles. The van der Waals surface area contributed by atoms with E-state index >= 15 is 0 Å². The number of hydrogen-bond acceptors (Lipinski definition) is 2. The third kappa shape index (κ3) is 3.69. The first-order chi connectivity index (χ1) is 6.54. The van der Waals surface area contributed by atoms with E-state index < -0.39 is 0 Å². The summed E-state index contributed by atoms with van der Waals surface area (Å²) in [5.74, 6) is 0. The molecule has 1 rings (SSSR count). The molecule has 0 amide bonds. The molecular weight excluding hydrogens is 208 g/mol. The van der Waals surface area contributed by atoms with Crippen molar-refractivity contribution in [3.63, 3.8) is 0 Å². The van der Waals surface area contributed by atoms with E-state index in [1.54, 1.807) is 0 Å². The minimum Gasteiger partial charge on any atom is -0.175 e. The van der Waals surface area contributed by atoms with E-state index in [1.807, 2.05) is 0 Å². The van der Waals surface area contributed by atoms with E-state index in [0.29, 0.717) is 15.9 Å². The Labute approximate surface area is 100 Å². The number of thiol groups is 2. The van der Waals surface area contributed by atoms with Crippen LogP contribution in [0.3, 0.4) is 0 Å². The zero-order chi connectivity index (χ0) is 10.6. The molecule has 1 aliphatic rings. The van der Waals surface area contributed by atoms with Crippen molar-refractivity contribution < 1.29 is 0 Å². The fourth-order valence-corrected chi connectivity index (χ4v) is 3.16.